The van der Waals surface area contributed by atoms with Crippen LogP contribution in [0.25, 0.3) is 76.6 Å². The lowest BCUT2D eigenvalue weighted by Gasteiger charge is -2.11. The summed E-state index contributed by atoms with van der Waals surface area (Å²) in [4.78, 5) is 19.2. The van der Waals surface area contributed by atoms with E-state index in [1.54, 1.807) is 11.3 Å². The van der Waals surface area contributed by atoms with Crippen molar-refractivity contribution >= 4 is 47.4 Å². The molecule has 0 bridgehead atoms. The van der Waals surface area contributed by atoms with Gasteiger partial charge in [0.2, 0.25) is 0 Å². The van der Waals surface area contributed by atoms with Crippen molar-refractivity contribution < 1.29 is 0 Å². The van der Waals surface area contributed by atoms with E-state index in [0.717, 1.165) is 43.4 Å². The number of hydrogen-bond acceptors (Lipinski definition) is 5. The Labute approximate surface area is 266 Å². The third-order valence-corrected chi connectivity index (χ3v) is 9.30. The molecule has 0 aliphatic rings. The SMILES string of the molecule is Brc1cc(-c2ccc(-c3ccncc3)cc2)cc(-c2nc(-c3ccccc3)nc(-c3ccc4sc5ccccc5c4c3)n2)c1. The minimum Gasteiger partial charge on any atom is -0.265 e. The first-order chi connectivity index (χ1) is 21.7. The zero-order valence-corrected chi connectivity index (χ0v) is 25.8. The summed E-state index contributed by atoms with van der Waals surface area (Å²) in [7, 11) is 0. The second-order valence-electron chi connectivity index (χ2n) is 10.5. The van der Waals surface area contributed by atoms with Crippen molar-refractivity contribution in [3.63, 3.8) is 0 Å². The Morgan fingerprint density at radius 3 is 1.75 bits per heavy atom. The number of hydrogen-bond donors (Lipinski definition) is 0. The van der Waals surface area contributed by atoms with Gasteiger partial charge >= 0.3 is 0 Å². The maximum atomic E-state index is 5.05. The van der Waals surface area contributed by atoms with E-state index in [-0.39, 0.29) is 0 Å². The van der Waals surface area contributed by atoms with Crippen LogP contribution in [-0.2, 0) is 0 Å². The van der Waals surface area contributed by atoms with Crippen molar-refractivity contribution in [2.45, 2.75) is 0 Å². The zero-order valence-electron chi connectivity index (χ0n) is 23.4. The summed E-state index contributed by atoms with van der Waals surface area (Å²) in [6.45, 7) is 0. The van der Waals surface area contributed by atoms with Gasteiger partial charge in [0, 0.05) is 53.7 Å². The van der Waals surface area contributed by atoms with Crippen LogP contribution in [0.4, 0.5) is 0 Å². The predicted octanol–water partition coefficient (Wildman–Crippen LogP) is 10.7. The first-order valence-corrected chi connectivity index (χ1v) is 15.8. The van der Waals surface area contributed by atoms with Gasteiger partial charge in [-0.1, -0.05) is 88.7 Å². The molecule has 0 radical (unpaired) electrons. The van der Waals surface area contributed by atoms with E-state index in [2.05, 4.69) is 106 Å². The van der Waals surface area contributed by atoms with Crippen molar-refractivity contribution in [3.8, 4) is 56.4 Å². The van der Waals surface area contributed by atoms with Crippen molar-refractivity contribution in [1.29, 1.82) is 0 Å². The fraction of sp³-hybridized carbons (Fsp3) is 0. The third-order valence-electron chi connectivity index (χ3n) is 7.69. The number of fused-ring (bicyclic) bond motifs is 3. The first kappa shape index (κ1) is 26.6. The topological polar surface area (TPSA) is 51.6 Å². The lowest BCUT2D eigenvalue weighted by Crippen LogP contribution is -2.00. The van der Waals surface area contributed by atoms with E-state index in [0.29, 0.717) is 17.5 Å². The summed E-state index contributed by atoms with van der Waals surface area (Å²) in [6.07, 6.45) is 3.63. The molecule has 0 aliphatic heterocycles. The van der Waals surface area contributed by atoms with Gasteiger partial charge in [-0.3, -0.25) is 4.98 Å². The quantitative estimate of drug-likeness (QED) is 0.187. The van der Waals surface area contributed by atoms with Gasteiger partial charge < -0.3 is 0 Å². The average molecular weight is 648 g/mol. The van der Waals surface area contributed by atoms with Crippen LogP contribution in [-0.4, -0.2) is 19.9 Å². The van der Waals surface area contributed by atoms with Crippen LogP contribution in [0.5, 0.6) is 0 Å². The van der Waals surface area contributed by atoms with Gasteiger partial charge in [-0.05, 0) is 76.9 Å². The number of nitrogens with zero attached hydrogens (tertiary/aromatic N) is 4. The van der Waals surface area contributed by atoms with Crippen molar-refractivity contribution in [2.75, 3.05) is 0 Å². The van der Waals surface area contributed by atoms with Crippen molar-refractivity contribution in [2.24, 2.45) is 0 Å². The molecule has 0 fully saturated rings. The highest BCUT2D eigenvalue weighted by Gasteiger charge is 2.15. The fourth-order valence-corrected chi connectivity index (χ4v) is 7.08. The molecule has 3 heterocycles. The molecule has 0 aliphatic carbocycles. The van der Waals surface area contributed by atoms with Crippen LogP contribution in [0.15, 0.2) is 144 Å². The second kappa shape index (κ2) is 11.2. The number of rotatable bonds is 5. The maximum absolute atomic E-state index is 5.05. The highest BCUT2D eigenvalue weighted by molar-refractivity contribution is 9.10. The molecule has 0 saturated carbocycles. The molecule has 0 N–H and O–H groups in total. The monoisotopic (exact) mass is 646 g/mol. The minimum atomic E-state index is 0.625. The molecule has 0 amide bonds. The number of thiophene rings is 1. The molecule has 5 aromatic carbocycles. The smallest absolute Gasteiger partial charge is 0.164 e. The minimum absolute atomic E-state index is 0.625. The highest BCUT2D eigenvalue weighted by Crippen LogP contribution is 2.37. The molecule has 208 valence electrons. The predicted molar refractivity (Wildman–Crippen MR) is 185 cm³/mol. The van der Waals surface area contributed by atoms with Crippen molar-refractivity contribution in [1.82, 2.24) is 19.9 Å². The van der Waals surface area contributed by atoms with E-state index in [1.165, 1.54) is 20.2 Å². The van der Waals surface area contributed by atoms with Crippen LogP contribution in [0, 0.1) is 0 Å². The molecule has 0 atom stereocenters. The van der Waals surface area contributed by atoms with Crippen LogP contribution < -0.4 is 0 Å². The molecule has 6 heteroatoms. The Morgan fingerprint density at radius 1 is 0.409 bits per heavy atom. The number of pyridine rings is 1. The summed E-state index contributed by atoms with van der Waals surface area (Å²) >= 11 is 5.56. The van der Waals surface area contributed by atoms with E-state index in [9.17, 15) is 0 Å². The van der Waals surface area contributed by atoms with Gasteiger partial charge in [-0.15, -0.1) is 11.3 Å². The van der Waals surface area contributed by atoms with Crippen LogP contribution in [0.1, 0.15) is 0 Å². The zero-order chi connectivity index (χ0) is 29.5. The summed E-state index contributed by atoms with van der Waals surface area (Å²) in [5.74, 6) is 1.92. The Bertz CT molecular complexity index is 2280. The number of aromatic nitrogens is 4. The molecular formula is C38H23BrN4S. The first-order valence-electron chi connectivity index (χ1n) is 14.2. The number of halogens is 1. The lowest BCUT2D eigenvalue weighted by atomic mass is 9.99. The van der Waals surface area contributed by atoms with Gasteiger partial charge in [0.1, 0.15) is 0 Å². The van der Waals surface area contributed by atoms with E-state index < -0.39 is 0 Å². The Kier molecular flexibility index (Phi) is 6.78. The average Bonchev–Trinajstić information content (AvgIpc) is 3.47. The fourth-order valence-electron chi connectivity index (χ4n) is 5.50. The highest BCUT2D eigenvalue weighted by atomic mass is 79.9. The maximum Gasteiger partial charge on any atom is 0.164 e. The van der Waals surface area contributed by atoms with Crippen LogP contribution in [0.3, 0.4) is 0 Å². The van der Waals surface area contributed by atoms with E-state index in [4.69, 9.17) is 15.0 Å². The van der Waals surface area contributed by atoms with Gasteiger partial charge in [0.15, 0.2) is 17.5 Å². The molecule has 4 nitrogen and oxygen atoms in total. The Morgan fingerprint density at radius 2 is 0.977 bits per heavy atom. The van der Waals surface area contributed by atoms with E-state index >= 15 is 0 Å². The lowest BCUT2D eigenvalue weighted by molar-refractivity contribution is 1.07. The van der Waals surface area contributed by atoms with Crippen LogP contribution in [0.2, 0.25) is 0 Å². The Balaban J connectivity index is 1.25. The molecule has 0 unspecified atom stereocenters. The normalized spacial score (nSPS) is 11.3. The standard InChI is InChI=1S/C38H23BrN4S/c39-31-21-29(25-12-10-24(11-13-25)26-16-18-40-19-17-26)20-30(22-31)38-42-36(27-6-2-1-3-7-27)41-37(43-38)28-14-15-35-33(23-28)32-8-4-5-9-34(32)44-35/h1-23H. The second-order valence-corrected chi connectivity index (χ2v) is 12.5. The van der Waals surface area contributed by atoms with E-state index in [1.807, 2.05) is 54.9 Å². The largest absolute Gasteiger partial charge is 0.265 e. The van der Waals surface area contributed by atoms with Gasteiger partial charge in [-0.2, -0.15) is 0 Å². The summed E-state index contributed by atoms with van der Waals surface area (Å²) in [5, 5.41) is 2.46. The molecule has 44 heavy (non-hydrogen) atoms. The summed E-state index contributed by atoms with van der Waals surface area (Å²) in [6, 6.07) is 44.1. The number of benzene rings is 5. The summed E-state index contributed by atoms with van der Waals surface area (Å²) in [5.41, 5.74) is 7.29. The third kappa shape index (κ3) is 5.08. The summed E-state index contributed by atoms with van der Waals surface area (Å²) < 4.78 is 3.48. The van der Waals surface area contributed by atoms with Crippen LogP contribution >= 0.6 is 27.3 Å². The molecule has 3 aromatic heterocycles. The molecule has 8 aromatic rings. The molecule has 0 spiro atoms. The Hall–Kier alpha value is -5.04. The van der Waals surface area contributed by atoms with Gasteiger partial charge in [0.05, 0.1) is 0 Å². The van der Waals surface area contributed by atoms with Gasteiger partial charge in [0.25, 0.3) is 0 Å². The molecule has 0 saturated heterocycles. The molecular weight excluding hydrogens is 624 g/mol. The molecule has 8 rings (SSSR count). The van der Waals surface area contributed by atoms with Gasteiger partial charge in [-0.25, -0.2) is 15.0 Å². The van der Waals surface area contributed by atoms with Crippen molar-refractivity contribution in [3.05, 3.63) is 144 Å².